The van der Waals surface area contributed by atoms with Crippen LogP contribution >= 0.6 is 0 Å². The van der Waals surface area contributed by atoms with E-state index in [1.165, 1.54) is 6.92 Å². The fraction of sp³-hybridized carbons (Fsp3) is 0.857. The molecule has 0 heterocycles. The molecule has 78 valence electrons. The Labute approximate surface area is 74.0 Å². The zero-order chi connectivity index (χ0) is 10.6. The summed E-state index contributed by atoms with van der Waals surface area (Å²) in [5, 5.41) is 0. The van der Waals surface area contributed by atoms with Crippen LogP contribution in [0.4, 0.5) is 13.2 Å². The van der Waals surface area contributed by atoms with E-state index in [1.54, 1.807) is 0 Å². The highest BCUT2D eigenvalue weighted by atomic mass is 19.3. The van der Waals surface area contributed by atoms with Crippen molar-refractivity contribution in [1.29, 1.82) is 0 Å². The van der Waals surface area contributed by atoms with Crippen LogP contribution in [-0.2, 0) is 9.53 Å². The lowest BCUT2D eigenvalue weighted by Crippen LogP contribution is -2.44. The largest absolute Gasteiger partial charge is 0.469 e. The first-order valence-electron chi connectivity index (χ1n) is 3.67. The molecule has 0 rings (SSSR count). The van der Waals surface area contributed by atoms with E-state index in [0.717, 1.165) is 7.11 Å². The van der Waals surface area contributed by atoms with Gasteiger partial charge in [0.1, 0.15) is 0 Å². The number of alkyl halides is 3. The van der Waals surface area contributed by atoms with E-state index >= 15 is 0 Å². The van der Waals surface area contributed by atoms with Gasteiger partial charge in [-0.15, -0.1) is 0 Å². The van der Waals surface area contributed by atoms with Crippen LogP contribution in [0.15, 0.2) is 0 Å². The number of hydrogen-bond acceptors (Lipinski definition) is 3. The third kappa shape index (κ3) is 3.22. The second-order valence-electron chi connectivity index (χ2n) is 2.67. The van der Waals surface area contributed by atoms with Crippen LogP contribution in [0.1, 0.15) is 6.92 Å². The average Bonchev–Trinajstić information content (AvgIpc) is 2.12. The number of ether oxygens (including phenoxy) is 1. The molecule has 0 fully saturated rings. The third-order valence-corrected chi connectivity index (χ3v) is 1.76. The topological polar surface area (TPSA) is 52.3 Å². The lowest BCUT2D eigenvalue weighted by Gasteiger charge is -2.20. The summed E-state index contributed by atoms with van der Waals surface area (Å²) in [6.07, 6.45) is -5.68. The van der Waals surface area contributed by atoms with Crippen molar-refractivity contribution in [2.45, 2.75) is 25.6 Å². The summed E-state index contributed by atoms with van der Waals surface area (Å²) in [5.74, 6) is -1.87. The molecule has 0 aromatic heterocycles. The minimum atomic E-state index is -3.18. The summed E-state index contributed by atoms with van der Waals surface area (Å²) in [6, 6.07) is -1.53. The van der Waals surface area contributed by atoms with Gasteiger partial charge in [-0.05, 0) is 0 Å². The summed E-state index contributed by atoms with van der Waals surface area (Å²) < 4.78 is 40.4. The highest BCUT2D eigenvalue weighted by molar-refractivity contribution is 5.72. The van der Waals surface area contributed by atoms with Gasteiger partial charge in [0.15, 0.2) is 6.17 Å². The Morgan fingerprint density at radius 3 is 2.15 bits per heavy atom. The molecule has 0 bridgehead atoms. The van der Waals surface area contributed by atoms with Crippen molar-refractivity contribution in [3.63, 3.8) is 0 Å². The fourth-order valence-corrected chi connectivity index (χ4v) is 0.787. The summed E-state index contributed by atoms with van der Waals surface area (Å²) in [6.45, 7) is 1.24. The van der Waals surface area contributed by atoms with Crippen LogP contribution in [-0.4, -0.2) is 31.7 Å². The summed E-state index contributed by atoms with van der Waals surface area (Å²) in [4.78, 5) is 10.8. The second kappa shape index (κ2) is 5.06. The normalized spacial score (nSPS) is 18.1. The number of carbonyl (C=O) groups excluding carboxylic acids is 1. The molecule has 3 unspecified atom stereocenters. The predicted octanol–water partition coefficient (Wildman–Crippen LogP) is 0.726. The molecule has 0 saturated heterocycles. The average molecular weight is 199 g/mol. The van der Waals surface area contributed by atoms with Crippen molar-refractivity contribution in [1.82, 2.24) is 0 Å². The fourth-order valence-electron chi connectivity index (χ4n) is 0.787. The van der Waals surface area contributed by atoms with Crippen molar-refractivity contribution in [2.24, 2.45) is 11.7 Å². The van der Waals surface area contributed by atoms with Crippen molar-refractivity contribution in [2.75, 3.05) is 7.11 Å². The third-order valence-electron chi connectivity index (χ3n) is 1.76. The van der Waals surface area contributed by atoms with Gasteiger partial charge in [0.25, 0.3) is 6.43 Å². The molecule has 0 aliphatic rings. The van der Waals surface area contributed by atoms with E-state index in [4.69, 9.17) is 5.73 Å². The molecule has 0 aromatic carbocycles. The van der Waals surface area contributed by atoms with Gasteiger partial charge in [0.05, 0.1) is 19.1 Å². The molecule has 0 saturated carbocycles. The van der Waals surface area contributed by atoms with Crippen LogP contribution in [0, 0.1) is 5.92 Å². The van der Waals surface area contributed by atoms with E-state index in [0.29, 0.717) is 0 Å². The molecule has 0 aliphatic heterocycles. The minimum absolute atomic E-state index is 0.796. The molecule has 3 atom stereocenters. The van der Waals surface area contributed by atoms with Crippen LogP contribution in [0.2, 0.25) is 0 Å². The summed E-state index contributed by atoms with van der Waals surface area (Å²) in [5.41, 5.74) is 5.08. The van der Waals surface area contributed by atoms with Gasteiger partial charge in [-0.1, -0.05) is 6.92 Å². The number of carbonyl (C=O) groups is 1. The zero-order valence-corrected chi connectivity index (χ0v) is 7.34. The number of rotatable bonds is 4. The van der Waals surface area contributed by atoms with Crippen LogP contribution in [0.25, 0.3) is 0 Å². The smallest absolute Gasteiger partial charge is 0.310 e. The van der Waals surface area contributed by atoms with Gasteiger partial charge in [0, 0.05) is 0 Å². The highest BCUT2D eigenvalue weighted by Gasteiger charge is 2.34. The molecule has 2 N–H and O–H groups in total. The van der Waals surface area contributed by atoms with Crippen molar-refractivity contribution < 1.29 is 22.7 Å². The lowest BCUT2D eigenvalue weighted by molar-refractivity contribution is -0.146. The standard InChI is InChI=1S/C7H12F3NO2/c1-3(7(12)13-2)5(11)4(8)6(9)10/h3-6H,11H2,1-2H3. The van der Waals surface area contributed by atoms with Gasteiger partial charge >= 0.3 is 5.97 Å². The van der Waals surface area contributed by atoms with Crippen molar-refractivity contribution in [3.05, 3.63) is 0 Å². The molecule has 0 spiro atoms. The number of halogens is 3. The van der Waals surface area contributed by atoms with Gasteiger partial charge in [0.2, 0.25) is 0 Å². The van der Waals surface area contributed by atoms with Crippen molar-refractivity contribution in [3.8, 4) is 0 Å². The van der Waals surface area contributed by atoms with E-state index in [9.17, 15) is 18.0 Å². The Balaban J connectivity index is 4.24. The Morgan fingerprint density at radius 1 is 1.38 bits per heavy atom. The van der Waals surface area contributed by atoms with Crippen LogP contribution in [0.5, 0.6) is 0 Å². The van der Waals surface area contributed by atoms with E-state index in [-0.39, 0.29) is 0 Å². The lowest BCUT2D eigenvalue weighted by atomic mass is 9.99. The van der Waals surface area contributed by atoms with Gasteiger partial charge in [-0.2, -0.15) is 0 Å². The Hall–Kier alpha value is -0.780. The zero-order valence-electron chi connectivity index (χ0n) is 7.34. The molecule has 3 nitrogen and oxygen atoms in total. The minimum Gasteiger partial charge on any atom is -0.469 e. The molecule has 6 heteroatoms. The van der Waals surface area contributed by atoms with Gasteiger partial charge in [-0.3, -0.25) is 4.79 Å². The second-order valence-corrected chi connectivity index (χ2v) is 2.67. The van der Waals surface area contributed by atoms with E-state index in [2.05, 4.69) is 4.74 Å². The molecule has 0 aromatic rings. The molecule has 0 radical (unpaired) electrons. The Kier molecular flexibility index (Phi) is 4.76. The SMILES string of the molecule is COC(=O)C(C)C(N)C(F)C(F)F. The summed E-state index contributed by atoms with van der Waals surface area (Å²) in [7, 11) is 1.08. The first-order chi connectivity index (χ1) is 5.91. The first-order valence-corrected chi connectivity index (χ1v) is 3.67. The maximum atomic E-state index is 12.6. The van der Waals surface area contributed by atoms with Crippen molar-refractivity contribution >= 4 is 5.97 Å². The maximum absolute atomic E-state index is 12.6. The van der Waals surface area contributed by atoms with Crippen LogP contribution in [0.3, 0.4) is 0 Å². The molecular formula is C7H12F3NO2. The number of nitrogens with two attached hydrogens (primary N) is 1. The molecular weight excluding hydrogens is 187 g/mol. The van der Waals surface area contributed by atoms with Gasteiger partial charge in [-0.25, -0.2) is 13.2 Å². The quantitative estimate of drug-likeness (QED) is 0.679. The number of methoxy groups -OCH3 is 1. The molecule has 0 amide bonds. The van der Waals surface area contributed by atoms with Crippen LogP contribution < -0.4 is 5.73 Å². The van der Waals surface area contributed by atoms with Gasteiger partial charge < -0.3 is 10.5 Å². The highest BCUT2D eigenvalue weighted by Crippen LogP contribution is 2.15. The monoisotopic (exact) mass is 199 g/mol. The maximum Gasteiger partial charge on any atom is 0.310 e. The van der Waals surface area contributed by atoms with E-state index < -0.39 is 30.5 Å². The number of esters is 1. The summed E-state index contributed by atoms with van der Waals surface area (Å²) >= 11 is 0. The Morgan fingerprint density at radius 2 is 1.85 bits per heavy atom. The molecule has 0 aliphatic carbocycles. The first kappa shape index (κ1) is 12.2. The predicted molar refractivity (Wildman–Crippen MR) is 40.1 cm³/mol. The van der Waals surface area contributed by atoms with E-state index in [1.807, 2.05) is 0 Å². The Bertz CT molecular complexity index is 177. The molecule has 13 heavy (non-hydrogen) atoms. The number of hydrogen-bond donors (Lipinski definition) is 1.